The van der Waals surface area contributed by atoms with Gasteiger partial charge in [-0.05, 0) is 89.7 Å². The fraction of sp³-hybridized carbons (Fsp3) is 0.0800. The number of halogens is 1. The smallest absolute Gasteiger partial charge is 0.266 e. The predicted molar refractivity (Wildman–Crippen MR) is 133 cm³/mol. The first kappa shape index (κ1) is 23.0. The van der Waals surface area contributed by atoms with Crippen LogP contribution in [0.3, 0.4) is 0 Å². The van der Waals surface area contributed by atoms with Gasteiger partial charge in [0.15, 0.2) is 6.61 Å². The Hall–Kier alpha value is -3.64. The van der Waals surface area contributed by atoms with Crippen molar-refractivity contribution in [2.75, 3.05) is 17.2 Å². The molecule has 0 saturated carbocycles. The summed E-state index contributed by atoms with van der Waals surface area (Å²) in [5.41, 5.74) is 3.04. The number of benzene rings is 3. The van der Waals surface area contributed by atoms with Crippen LogP contribution in [0, 0.1) is 21.8 Å². The maximum atomic E-state index is 12.4. The molecule has 0 saturated heterocycles. The molecule has 0 atom stereocenters. The molecule has 0 fully saturated rings. The van der Waals surface area contributed by atoms with E-state index in [1.54, 1.807) is 36.4 Å². The number of anilines is 2. The summed E-state index contributed by atoms with van der Waals surface area (Å²) in [6, 6.07) is 23.5. The van der Waals surface area contributed by atoms with E-state index in [0.29, 0.717) is 22.7 Å². The van der Waals surface area contributed by atoms with E-state index in [9.17, 15) is 14.9 Å². The highest BCUT2D eigenvalue weighted by atomic mass is 127. The minimum atomic E-state index is -0.482. The Morgan fingerprint density at radius 3 is 2.16 bits per heavy atom. The molecule has 7 heteroatoms. The number of carbonyl (C=O) groups excluding carboxylic acids is 2. The normalized spacial score (nSPS) is 10.7. The van der Waals surface area contributed by atoms with Gasteiger partial charge in [-0.1, -0.05) is 29.8 Å². The van der Waals surface area contributed by atoms with Gasteiger partial charge in [-0.15, -0.1) is 0 Å². The Kier molecular flexibility index (Phi) is 8.00. The second-order valence-corrected chi connectivity index (χ2v) is 8.15. The molecule has 160 valence electrons. The molecule has 32 heavy (non-hydrogen) atoms. The molecule has 2 N–H and O–H groups in total. The zero-order valence-corrected chi connectivity index (χ0v) is 19.4. The molecule has 3 aromatic rings. The quantitative estimate of drug-likeness (QED) is 0.248. The Labute approximate surface area is 200 Å². The molecule has 6 nitrogen and oxygen atoms in total. The second kappa shape index (κ2) is 11.1. The summed E-state index contributed by atoms with van der Waals surface area (Å²) in [4.78, 5) is 24.4. The van der Waals surface area contributed by atoms with Crippen molar-refractivity contribution in [3.05, 3.63) is 93.1 Å². The maximum absolute atomic E-state index is 12.4. The Morgan fingerprint density at radius 1 is 0.938 bits per heavy atom. The number of nitriles is 1. The fourth-order valence-electron chi connectivity index (χ4n) is 2.69. The minimum absolute atomic E-state index is 0.0175. The third-order valence-electron chi connectivity index (χ3n) is 4.36. The lowest BCUT2D eigenvalue weighted by Gasteiger charge is -2.08. The van der Waals surface area contributed by atoms with Gasteiger partial charge in [-0.25, -0.2) is 0 Å². The molecule has 3 rings (SSSR count). The van der Waals surface area contributed by atoms with Gasteiger partial charge in [0.2, 0.25) is 0 Å². The zero-order chi connectivity index (χ0) is 22.9. The monoisotopic (exact) mass is 537 g/mol. The standard InChI is InChI=1S/C25H20IN3O3/c1-17-2-8-22(9-3-17)29-25(31)19(15-27)14-18-4-12-23(13-5-18)32-16-24(30)28-21-10-6-20(26)7-11-21/h2-14H,16H2,1H3,(H,28,30)(H,29,31)/b19-14-. The van der Waals surface area contributed by atoms with E-state index in [1.165, 1.54) is 6.08 Å². The summed E-state index contributed by atoms with van der Waals surface area (Å²) in [7, 11) is 0. The first-order valence-electron chi connectivity index (χ1n) is 9.71. The Morgan fingerprint density at radius 2 is 1.53 bits per heavy atom. The lowest BCUT2D eigenvalue weighted by molar-refractivity contribution is -0.118. The molecule has 0 spiro atoms. The third kappa shape index (κ3) is 6.96. The zero-order valence-electron chi connectivity index (χ0n) is 17.3. The molecular formula is C25H20IN3O3. The molecule has 3 aromatic carbocycles. The van der Waals surface area contributed by atoms with Crippen LogP contribution in [0.25, 0.3) is 6.08 Å². The van der Waals surface area contributed by atoms with Crippen LogP contribution in [0.1, 0.15) is 11.1 Å². The molecule has 0 unspecified atom stereocenters. The molecule has 2 amide bonds. The number of nitrogens with one attached hydrogen (secondary N) is 2. The van der Waals surface area contributed by atoms with Crippen molar-refractivity contribution in [1.29, 1.82) is 5.26 Å². The predicted octanol–water partition coefficient (Wildman–Crippen LogP) is 5.16. The third-order valence-corrected chi connectivity index (χ3v) is 5.08. The molecule has 0 aromatic heterocycles. The molecule has 0 aliphatic rings. The van der Waals surface area contributed by atoms with Gasteiger partial charge in [-0.3, -0.25) is 9.59 Å². The Bertz CT molecular complexity index is 1160. The van der Waals surface area contributed by atoms with Crippen molar-refractivity contribution in [3.63, 3.8) is 0 Å². The van der Waals surface area contributed by atoms with Crippen molar-refractivity contribution >= 4 is 51.9 Å². The van der Waals surface area contributed by atoms with E-state index in [4.69, 9.17) is 4.74 Å². The van der Waals surface area contributed by atoms with Gasteiger partial charge in [0.25, 0.3) is 11.8 Å². The molecular weight excluding hydrogens is 517 g/mol. The van der Waals surface area contributed by atoms with E-state index in [1.807, 2.05) is 49.4 Å². The molecule has 0 aliphatic heterocycles. The highest BCUT2D eigenvalue weighted by molar-refractivity contribution is 14.1. The highest BCUT2D eigenvalue weighted by Crippen LogP contribution is 2.17. The van der Waals surface area contributed by atoms with Gasteiger partial charge < -0.3 is 15.4 Å². The number of aryl methyl sites for hydroxylation is 1. The van der Waals surface area contributed by atoms with Crippen molar-refractivity contribution < 1.29 is 14.3 Å². The van der Waals surface area contributed by atoms with Gasteiger partial charge in [0, 0.05) is 14.9 Å². The van der Waals surface area contributed by atoms with Gasteiger partial charge in [0.05, 0.1) is 0 Å². The number of hydrogen-bond donors (Lipinski definition) is 2. The lowest BCUT2D eigenvalue weighted by atomic mass is 10.1. The average molecular weight is 537 g/mol. The van der Waals surface area contributed by atoms with Crippen molar-refractivity contribution in [2.24, 2.45) is 0 Å². The van der Waals surface area contributed by atoms with E-state index < -0.39 is 5.91 Å². The van der Waals surface area contributed by atoms with Crippen molar-refractivity contribution in [1.82, 2.24) is 0 Å². The van der Waals surface area contributed by atoms with Gasteiger partial charge in [0.1, 0.15) is 17.4 Å². The summed E-state index contributed by atoms with van der Waals surface area (Å²) in [5.74, 6) is -0.249. The van der Waals surface area contributed by atoms with Crippen LogP contribution in [-0.4, -0.2) is 18.4 Å². The van der Waals surface area contributed by atoms with Gasteiger partial charge in [-0.2, -0.15) is 5.26 Å². The summed E-state index contributed by atoms with van der Waals surface area (Å²) < 4.78 is 6.59. The molecule has 0 aliphatic carbocycles. The molecule has 0 bridgehead atoms. The van der Waals surface area contributed by atoms with Crippen LogP contribution in [-0.2, 0) is 9.59 Å². The highest BCUT2D eigenvalue weighted by Gasteiger charge is 2.10. The number of amides is 2. The van der Waals surface area contributed by atoms with E-state index in [2.05, 4.69) is 33.2 Å². The molecule has 0 heterocycles. The van der Waals surface area contributed by atoms with E-state index in [0.717, 1.165) is 9.13 Å². The summed E-state index contributed by atoms with van der Waals surface area (Å²) in [6.07, 6.45) is 1.50. The lowest BCUT2D eigenvalue weighted by Crippen LogP contribution is -2.20. The number of rotatable bonds is 7. The summed E-state index contributed by atoms with van der Waals surface area (Å²) in [5, 5.41) is 14.8. The minimum Gasteiger partial charge on any atom is -0.484 e. The van der Waals surface area contributed by atoms with Crippen LogP contribution in [0.2, 0.25) is 0 Å². The summed E-state index contributed by atoms with van der Waals surface area (Å²) >= 11 is 2.19. The van der Waals surface area contributed by atoms with E-state index >= 15 is 0 Å². The van der Waals surface area contributed by atoms with Crippen LogP contribution in [0.4, 0.5) is 11.4 Å². The first-order chi connectivity index (χ1) is 15.4. The fourth-order valence-corrected chi connectivity index (χ4v) is 3.05. The second-order valence-electron chi connectivity index (χ2n) is 6.90. The van der Waals surface area contributed by atoms with Crippen LogP contribution in [0.15, 0.2) is 78.4 Å². The summed E-state index contributed by atoms with van der Waals surface area (Å²) in [6.45, 7) is 1.82. The van der Waals surface area contributed by atoms with E-state index in [-0.39, 0.29) is 18.1 Å². The van der Waals surface area contributed by atoms with Crippen LogP contribution < -0.4 is 15.4 Å². The maximum Gasteiger partial charge on any atom is 0.266 e. The van der Waals surface area contributed by atoms with Gasteiger partial charge >= 0.3 is 0 Å². The number of hydrogen-bond acceptors (Lipinski definition) is 4. The SMILES string of the molecule is Cc1ccc(NC(=O)/C(C#N)=C\c2ccc(OCC(=O)Nc3ccc(I)cc3)cc2)cc1. The first-order valence-corrected chi connectivity index (χ1v) is 10.8. The number of nitrogens with zero attached hydrogens (tertiary/aromatic N) is 1. The average Bonchev–Trinajstić information content (AvgIpc) is 2.80. The number of carbonyl (C=O) groups is 2. The number of ether oxygens (including phenoxy) is 1. The largest absolute Gasteiger partial charge is 0.484 e. The van der Waals surface area contributed by atoms with Crippen molar-refractivity contribution in [3.8, 4) is 11.8 Å². The topological polar surface area (TPSA) is 91.2 Å². The van der Waals surface area contributed by atoms with Crippen molar-refractivity contribution in [2.45, 2.75) is 6.92 Å². The molecule has 0 radical (unpaired) electrons. The van der Waals surface area contributed by atoms with Crippen LogP contribution >= 0.6 is 22.6 Å². The Balaban J connectivity index is 1.56. The van der Waals surface area contributed by atoms with Crippen LogP contribution in [0.5, 0.6) is 5.75 Å².